The van der Waals surface area contributed by atoms with Crippen LogP contribution in [0.2, 0.25) is 0 Å². The molecule has 0 radical (unpaired) electrons. The van der Waals surface area contributed by atoms with Crippen molar-refractivity contribution in [3.63, 3.8) is 0 Å². The lowest BCUT2D eigenvalue weighted by molar-refractivity contribution is -0.123. The molecule has 3 N–H and O–H groups in total. The monoisotopic (exact) mass is 236 g/mol. The Morgan fingerprint density at radius 3 is 2.71 bits per heavy atom. The number of nitrogens with two attached hydrogens (primary N) is 1. The number of ether oxygens (including phenoxy) is 1. The predicted octanol–water partition coefficient (Wildman–Crippen LogP) is 1.61. The minimum absolute atomic E-state index is 0.115. The Hall–Kier alpha value is -1.55. The molecule has 0 aliphatic carbocycles. The molecular weight excluding hydrogens is 216 g/mol. The Labute approximate surface area is 102 Å². The highest BCUT2D eigenvalue weighted by Gasteiger charge is 2.16. The molecule has 0 aliphatic heterocycles. The van der Waals surface area contributed by atoms with E-state index in [9.17, 15) is 4.79 Å². The molecule has 0 aliphatic rings. The van der Waals surface area contributed by atoms with Crippen LogP contribution in [0.15, 0.2) is 24.3 Å². The highest BCUT2D eigenvalue weighted by atomic mass is 16.5. The third-order valence-electron chi connectivity index (χ3n) is 2.74. The molecule has 0 saturated heterocycles. The fourth-order valence-electron chi connectivity index (χ4n) is 1.61. The van der Waals surface area contributed by atoms with Crippen molar-refractivity contribution in [3.05, 3.63) is 29.8 Å². The fraction of sp³-hybridized carbons (Fsp3) is 0.462. The van der Waals surface area contributed by atoms with Gasteiger partial charge < -0.3 is 15.8 Å². The lowest BCUT2D eigenvalue weighted by Gasteiger charge is -2.19. The Morgan fingerprint density at radius 2 is 2.12 bits per heavy atom. The van der Waals surface area contributed by atoms with Crippen molar-refractivity contribution in [2.24, 2.45) is 5.73 Å². The van der Waals surface area contributed by atoms with Gasteiger partial charge in [0.1, 0.15) is 5.75 Å². The molecule has 1 unspecified atom stereocenters. The third kappa shape index (κ3) is 3.46. The lowest BCUT2D eigenvalue weighted by atomic mass is 10.1. The summed E-state index contributed by atoms with van der Waals surface area (Å²) in [5, 5.41) is 2.88. The first kappa shape index (κ1) is 13.5. The average molecular weight is 236 g/mol. The second-order valence-electron chi connectivity index (χ2n) is 3.99. The molecule has 1 aromatic carbocycles. The maximum absolute atomic E-state index is 11.7. The van der Waals surface area contributed by atoms with Crippen molar-refractivity contribution in [1.82, 2.24) is 5.32 Å². The van der Waals surface area contributed by atoms with Crippen LogP contribution in [-0.4, -0.2) is 19.1 Å². The zero-order valence-corrected chi connectivity index (χ0v) is 10.6. The maximum atomic E-state index is 11.7. The number of para-hydroxylation sites is 1. The van der Waals surface area contributed by atoms with E-state index in [1.807, 2.05) is 38.1 Å². The second-order valence-corrected chi connectivity index (χ2v) is 3.99. The van der Waals surface area contributed by atoms with Crippen LogP contribution in [-0.2, 0) is 4.79 Å². The molecule has 1 rings (SSSR count). The minimum Gasteiger partial charge on any atom is -0.496 e. The molecule has 4 heteroatoms. The van der Waals surface area contributed by atoms with Gasteiger partial charge in [0.2, 0.25) is 5.91 Å². The number of rotatable bonds is 5. The topological polar surface area (TPSA) is 64.4 Å². The molecule has 17 heavy (non-hydrogen) atoms. The van der Waals surface area contributed by atoms with Crippen LogP contribution < -0.4 is 15.8 Å². The van der Waals surface area contributed by atoms with Crippen LogP contribution >= 0.6 is 0 Å². The maximum Gasteiger partial charge on any atom is 0.237 e. The smallest absolute Gasteiger partial charge is 0.237 e. The summed E-state index contributed by atoms with van der Waals surface area (Å²) in [4.78, 5) is 11.7. The van der Waals surface area contributed by atoms with Crippen molar-refractivity contribution < 1.29 is 9.53 Å². The molecule has 0 heterocycles. The normalized spacial score (nSPS) is 13.9. The Kier molecular flexibility index (Phi) is 4.97. The number of hydrogen-bond donors (Lipinski definition) is 2. The summed E-state index contributed by atoms with van der Waals surface area (Å²) in [7, 11) is 1.62. The molecule has 4 nitrogen and oxygen atoms in total. The summed E-state index contributed by atoms with van der Waals surface area (Å²) in [5.41, 5.74) is 6.62. The third-order valence-corrected chi connectivity index (χ3v) is 2.74. The van der Waals surface area contributed by atoms with Gasteiger partial charge in [0.15, 0.2) is 0 Å². The fourth-order valence-corrected chi connectivity index (χ4v) is 1.61. The quantitative estimate of drug-likeness (QED) is 0.816. The standard InChI is InChI=1S/C13H20N2O2/c1-4-11(14)13(16)15-9(2)10-7-5-6-8-12(10)17-3/h5-9,11H,4,14H2,1-3H3,(H,15,16)/t9?,11-/m0/s1. The number of benzene rings is 1. The van der Waals surface area contributed by atoms with Gasteiger partial charge in [0.25, 0.3) is 0 Å². The van der Waals surface area contributed by atoms with E-state index >= 15 is 0 Å². The van der Waals surface area contributed by atoms with Crippen LogP contribution in [0.25, 0.3) is 0 Å². The molecular formula is C13H20N2O2. The minimum atomic E-state index is -0.452. The largest absolute Gasteiger partial charge is 0.496 e. The van der Waals surface area contributed by atoms with Crippen molar-refractivity contribution in [2.45, 2.75) is 32.4 Å². The van der Waals surface area contributed by atoms with E-state index < -0.39 is 6.04 Å². The van der Waals surface area contributed by atoms with Gasteiger partial charge in [0, 0.05) is 5.56 Å². The molecule has 0 aromatic heterocycles. The first-order chi connectivity index (χ1) is 8.10. The zero-order chi connectivity index (χ0) is 12.8. The Morgan fingerprint density at radius 1 is 1.47 bits per heavy atom. The van der Waals surface area contributed by atoms with Crippen molar-refractivity contribution >= 4 is 5.91 Å². The van der Waals surface area contributed by atoms with Gasteiger partial charge in [-0.1, -0.05) is 25.1 Å². The summed E-state index contributed by atoms with van der Waals surface area (Å²) in [5.74, 6) is 0.635. The van der Waals surface area contributed by atoms with Crippen LogP contribution in [0.3, 0.4) is 0 Å². The molecule has 0 saturated carbocycles. The van der Waals surface area contributed by atoms with E-state index in [2.05, 4.69) is 5.32 Å². The molecule has 0 fully saturated rings. The first-order valence-electron chi connectivity index (χ1n) is 5.79. The summed E-state index contributed by atoms with van der Waals surface area (Å²) in [6.45, 7) is 3.80. The zero-order valence-electron chi connectivity index (χ0n) is 10.6. The number of amides is 1. The lowest BCUT2D eigenvalue weighted by Crippen LogP contribution is -2.41. The van der Waals surface area contributed by atoms with Crippen LogP contribution in [0.5, 0.6) is 5.75 Å². The molecule has 0 spiro atoms. The van der Waals surface area contributed by atoms with E-state index in [0.29, 0.717) is 6.42 Å². The summed E-state index contributed by atoms with van der Waals surface area (Å²) in [6, 6.07) is 7.05. The van der Waals surface area contributed by atoms with E-state index in [0.717, 1.165) is 11.3 Å². The average Bonchev–Trinajstić information content (AvgIpc) is 2.37. The Bertz CT molecular complexity index is 379. The van der Waals surface area contributed by atoms with Gasteiger partial charge in [0.05, 0.1) is 19.2 Å². The summed E-state index contributed by atoms with van der Waals surface area (Å²) >= 11 is 0. The molecule has 2 atom stereocenters. The highest BCUT2D eigenvalue weighted by molar-refractivity contribution is 5.81. The molecule has 1 aromatic rings. The van der Waals surface area contributed by atoms with Gasteiger partial charge in [-0.05, 0) is 19.4 Å². The van der Waals surface area contributed by atoms with Crippen molar-refractivity contribution in [3.8, 4) is 5.75 Å². The summed E-state index contributed by atoms with van der Waals surface area (Å²) in [6.07, 6.45) is 0.629. The van der Waals surface area contributed by atoms with Crippen molar-refractivity contribution in [2.75, 3.05) is 7.11 Å². The van der Waals surface area contributed by atoms with Gasteiger partial charge >= 0.3 is 0 Å². The molecule has 1 amide bonds. The van der Waals surface area contributed by atoms with E-state index in [4.69, 9.17) is 10.5 Å². The SMILES string of the molecule is CC[C@H](N)C(=O)NC(C)c1ccccc1OC. The predicted molar refractivity (Wildman–Crippen MR) is 67.8 cm³/mol. The number of carbonyl (C=O) groups excluding carboxylic acids is 1. The van der Waals surface area contributed by atoms with Crippen LogP contribution in [0.4, 0.5) is 0 Å². The number of hydrogen-bond acceptors (Lipinski definition) is 3. The Balaban J connectivity index is 2.76. The van der Waals surface area contributed by atoms with Crippen molar-refractivity contribution in [1.29, 1.82) is 0 Å². The second kappa shape index (κ2) is 6.25. The van der Waals surface area contributed by atoms with E-state index in [-0.39, 0.29) is 11.9 Å². The first-order valence-corrected chi connectivity index (χ1v) is 5.79. The van der Waals surface area contributed by atoms with Crippen LogP contribution in [0, 0.1) is 0 Å². The van der Waals surface area contributed by atoms with Gasteiger partial charge in [-0.2, -0.15) is 0 Å². The number of methoxy groups -OCH3 is 1. The van der Waals surface area contributed by atoms with E-state index in [1.165, 1.54) is 0 Å². The summed E-state index contributed by atoms with van der Waals surface area (Å²) < 4.78 is 5.25. The van der Waals surface area contributed by atoms with Gasteiger partial charge in [-0.15, -0.1) is 0 Å². The number of carbonyl (C=O) groups is 1. The molecule has 0 bridgehead atoms. The number of nitrogens with one attached hydrogen (secondary N) is 1. The van der Waals surface area contributed by atoms with Gasteiger partial charge in [-0.25, -0.2) is 0 Å². The van der Waals surface area contributed by atoms with Crippen LogP contribution in [0.1, 0.15) is 31.9 Å². The van der Waals surface area contributed by atoms with E-state index in [1.54, 1.807) is 7.11 Å². The van der Waals surface area contributed by atoms with Gasteiger partial charge in [-0.3, -0.25) is 4.79 Å². The molecule has 94 valence electrons. The highest BCUT2D eigenvalue weighted by Crippen LogP contribution is 2.24.